The minimum Gasteiger partial charge on any atom is -0.399 e. The molecule has 1 aliphatic rings. The largest absolute Gasteiger partial charge is 0.399 e. The fourth-order valence-electron chi connectivity index (χ4n) is 2.02. The van der Waals surface area contributed by atoms with Crippen molar-refractivity contribution in [3.8, 4) is 0 Å². The van der Waals surface area contributed by atoms with Gasteiger partial charge in [-0.1, -0.05) is 30.3 Å². The van der Waals surface area contributed by atoms with E-state index in [-0.39, 0.29) is 5.82 Å². The molecule has 0 aromatic heterocycles. The van der Waals surface area contributed by atoms with Crippen molar-refractivity contribution in [3.63, 3.8) is 0 Å². The summed E-state index contributed by atoms with van der Waals surface area (Å²) in [6.45, 7) is 3.15. The molecule has 1 aromatic carbocycles. The Morgan fingerprint density at radius 1 is 1.23 bits per heavy atom. The molecule has 2 rings (SSSR count). The highest BCUT2D eigenvalue weighted by molar-refractivity contribution is 7.90. The first kappa shape index (κ1) is 16.5. The Balaban J connectivity index is 2.27. The average molecular weight is 323 g/mol. The van der Waals surface area contributed by atoms with Crippen molar-refractivity contribution in [3.05, 3.63) is 47.4 Å². The first-order chi connectivity index (χ1) is 10.3. The minimum atomic E-state index is -3.52. The normalized spacial score (nSPS) is 17.4. The van der Waals surface area contributed by atoms with Gasteiger partial charge in [-0.25, -0.2) is 13.4 Å². The summed E-state index contributed by atoms with van der Waals surface area (Å²) in [5.41, 5.74) is 7.45. The fourth-order valence-corrected chi connectivity index (χ4v) is 2.70. The van der Waals surface area contributed by atoms with Crippen LogP contribution in [0, 0.1) is 0 Å². The van der Waals surface area contributed by atoms with E-state index in [1.165, 1.54) is 0 Å². The van der Waals surface area contributed by atoms with Crippen LogP contribution in [0.25, 0.3) is 0 Å². The second-order valence-electron chi connectivity index (χ2n) is 5.49. The van der Waals surface area contributed by atoms with Crippen LogP contribution in [-0.2, 0) is 10.0 Å². The first-order valence-corrected chi connectivity index (χ1v) is 8.66. The smallest absolute Gasteiger partial charge is 0.236 e. The highest BCUT2D eigenvalue weighted by Gasteiger charge is 2.24. The minimum absolute atomic E-state index is 0.116. The maximum absolute atomic E-state index is 12.0. The molecule has 1 aromatic rings. The summed E-state index contributed by atoms with van der Waals surface area (Å²) >= 11 is 0. The predicted octanol–water partition coefficient (Wildman–Crippen LogP) is 1.41. The molecule has 120 valence electrons. The standard InChI is InChI=1S/C15H21N3O3S/c1-10(2)22(20,21)18-15-12(16)8-9-13(17-15)14(19)11-6-4-3-5-7-11/h3-7,10,14,18-19H,8-9,16H2,1-2H3. The number of nitrogens with one attached hydrogen (secondary N) is 1. The van der Waals surface area contributed by atoms with Crippen molar-refractivity contribution in [2.45, 2.75) is 38.0 Å². The molecule has 0 radical (unpaired) electrons. The first-order valence-electron chi connectivity index (χ1n) is 7.12. The van der Waals surface area contributed by atoms with Crippen LogP contribution in [-0.4, -0.2) is 24.5 Å². The van der Waals surface area contributed by atoms with Crippen LogP contribution < -0.4 is 10.5 Å². The molecule has 0 fully saturated rings. The van der Waals surface area contributed by atoms with Crippen LogP contribution in [0.2, 0.25) is 0 Å². The number of allylic oxidation sites excluding steroid dienone is 1. The van der Waals surface area contributed by atoms with Gasteiger partial charge >= 0.3 is 0 Å². The second-order valence-corrected chi connectivity index (χ2v) is 7.72. The molecule has 4 N–H and O–H groups in total. The molecule has 0 saturated carbocycles. The molecular formula is C15H21N3O3S. The number of aliphatic hydroxyl groups is 1. The van der Waals surface area contributed by atoms with Gasteiger partial charge in [-0.05, 0) is 32.3 Å². The molecule has 22 heavy (non-hydrogen) atoms. The van der Waals surface area contributed by atoms with E-state index in [1.807, 2.05) is 18.2 Å². The van der Waals surface area contributed by atoms with E-state index in [1.54, 1.807) is 26.0 Å². The number of nitrogens with zero attached hydrogens (tertiary/aromatic N) is 1. The van der Waals surface area contributed by atoms with Gasteiger partial charge in [-0.15, -0.1) is 0 Å². The van der Waals surface area contributed by atoms with Gasteiger partial charge in [-0.3, -0.25) is 4.72 Å². The zero-order valence-electron chi connectivity index (χ0n) is 12.7. The summed E-state index contributed by atoms with van der Waals surface area (Å²) in [7, 11) is -3.52. The molecule has 0 bridgehead atoms. The maximum atomic E-state index is 12.0. The van der Waals surface area contributed by atoms with Gasteiger partial charge in [0.05, 0.1) is 16.7 Å². The Bertz CT molecular complexity index is 694. The quantitative estimate of drug-likeness (QED) is 0.762. The highest BCUT2D eigenvalue weighted by atomic mass is 32.2. The molecule has 1 atom stereocenters. The van der Waals surface area contributed by atoms with E-state index in [2.05, 4.69) is 9.71 Å². The number of rotatable bonds is 5. The summed E-state index contributed by atoms with van der Waals surface area (Å²) in [6, 6.07) is 9.11. The van der Waals surface area contributed by atoms with E-state index in [0.717, 1.165) is 0 Å². The van der Waals surface area contributed by atoms with Gasteiger partial charge in [0.25, 0.3) is 0 Å². The number of sulfonamides is 1. The zero-order chi connectivity index (χ0) is 16.3. The molecule has 1 unspecified atom stereocenters. The molecule has 1 heterocycles. The summed E-state index contributed by atoms with van der Waals surface area (Å²) < 4.78 is 26.3. The second kappa shape index (κ2) is 6.50. The molecule has 7 heteroatoms. The number of hydrogen-bond acceptors (Lipinski definition) is 5. The summed E-state index contributed by atoms with van der Waals surface area (Å²) in [6.07, 6.45) is 0.0841. The summed E-state index contributed by atoms with van der Waals surface area (Å²) in [5, 5.41) is 9.80. The van der Waals surface area contributed by atoms with Crippen molar-refractivity contribution >= 4 is 15.7 Å². The Morgan fingerprint density at radius 2 is 1.86 bits per heavy atom. The molecule has 0 saturated heterocycles. The van der Waals surface area contributed by atoms with Crippen LogP contribution in [0.1, 0.15) is 38.4 Å². The molecule has 0 spiro atoms. The lowest BCUT2D eigenvalue weighted by atomic mass is 9.99. The van der Waals surface area contributed by atoms with Crippen molar-refractivity contribution in [1.82, 2.24) is 4.72 Å². The van der Waals surface area contributed by atoms with Crippen LogP contribution in [0.4, 0.5) is 0 Å². The lowest BCUT2D eigenvalue weighted by Gasteiger charge is -2.22. The van der Waals surface area contributed by atoms with Gasteiger partial charge < -0.3 is 10.8 Å². The summed E-state index contributed by atoms with van der Waals surface area (Å²) in [4.78, 5) is 4.24. The third kappa shape index (κ3) is 3.66. The SMILES string of the molecule is CC(C)S(=O)(=O)NC1=C(N)CCC(C(O)c2ccccc2)=N1. The number of nitrogens with two attached hydrogens (primary N) is 1. The van der Waals surface area contributed by atoms with Crippen LogP contribution in [0.3, 0.4) is 0 Å². The zero-order valence-corrected chi connectivity index (χ0v) is 13.5. The highest BCUT2D eigenvalue weighted by Crippen LogP contribution is 2.23. The van der Waals surface area contributed by atoms with E-state index in [4.69, 9.17) is 5.73 Å². The lowest BCUT2D eigenvalue weighted by Crippen LogP contribution is -2.33. The van der Waals surface area contributed by atoms with Crippen molar-refractivity contribution < 1.29 is 13.5 Å². The van der Waals surface area contributed by atoms with Crippen molar-refractivity contribution in [2.24, 2.45) is 10.7 Å². The molecule has 0 aliphatic carbocycles. The van der Waals surface area contributed by atoms with Gasteiger partial charge in [-0.2, -0.15) is 0 Å². The van der Waals surface area contributed by atoms with Crippen molar-refractivity contribution in [1.29, 1.82) is 0 Å². The van der Waals surface area contributed by atoms with Crippen molar-refractivity contribution in [2.75, 3.05) is 0 Å². The van der Waals surface area contributed by atoms with Gasteiger partial charge in [0.2, 0.25) is 10.0 Å². The summed E-state index contributed by atoms with van der Waals surface area (Å²) in [5.74, 6) is 0.116. The monoisotopic (exact) mass is 323 g/mol. The molecule has 0 amide bonds. The Hall–Kier alpha value is -1.86. The van der Waals surface area contributed by atoms with Crippen LogP contribution in [0.5, 0.6) is 0 Å². The lowest BCUT2D eigenvalue weighted by molar-refractivity contribution is 0.244. The van der Waals surface area contributed by atoms with E-state index in [9.17, 15) is 13.5 Å². The average Bonchev–Trinajstić information content (AvgIpc) is 2.49. The third-order valence-electron chi connectivity index (χ3n) is 3.50. The molecular weight excluding hydrogens is 302 g/mol. The third-order valence-corrected chi connectivity index (χ3v) is 5.22. The van der Waals surface area contributed by atoms with Crippen LogP contribution in [0.15, 0.2) is 46.8 Å². The number of aliphatic hydroxyl groups excluding tert-OH is 1. The van der Waals surface area contributed by atoms with Crippen LogP contribution >= 0.6 is 0 Å². The Morgan fingerprint density at radius 3 is 2.45 bits per heavy atom. The maximum Gasteiger partial charge on any atom is 0.236 e. The molecule has 6 nitrogen and oxygen atoms in total. The van der Waals surface area contributed by atoms with E-state index < -0.39 is 21.4 Å². The fraction of sp³-hybridized carbons (Fsp3) is 0.400. The topological polar surface area (TPSA) is 105 Å². The number of aliphatic imine (C=N–C) groups is 1. The Kier molecular flexibility index (Phi) is 4.87. The van der Waals surface area contributed by atoms with Gasteiger partial charge in [0.1, 0.15) is 6.10 Å². The van der Waals surface area contributed by atoms with E-state index >= 15 is 0 Å². The molecule has 1 aliphatic heterocycles. The predicted molar refractivity (Wildman–Crippen MR) is 86.5 cm³/mol. The number of benzene rings is 1. The Labute approximate surface area is 130 Å². The van der Waals surface area contributed by atoms with Gasteiger partial charge in [0, 0.05) is 0 Å². The number of hydrogen-bond donors (Lipinski definition) is 3. The van der Waals surface area contributed by atoms with E-state index in [0.29, 0.717) is 29.8 Å². The van der Waals surface area contributed by atoms with Gasteiger partial charge in [0.15, 0.2) is 5.82 Å².